The van der Waals surface area contributed by atoms with Crippen molar-refractivity contribution in [1.82, 2.24) is 0 Å². The van der Waals surface area contributed by atoms with Crippen LogP contribution in [0.2, 0.25) is 0 Å². The summed E-state index contributed by atoms with van der Waals surface area (Å²) in [5, 5.41) is 0. The van der Waals surface area contributed by atoms with Crippen molar-refractivity contribution >= 4 is 94.5 Å². The van der Waals surface area contributed by atoms with E-state index in [9.17, 15) is 0 Å². The van der Waals surface area contributed by atoms with Crippen molar-refractivity contribution < 1.29 is 17.1 Å². The Kier molecular flexibility index (Phi) is 1410. The van der Waals surface area contributed by atoms with Crippen LogP contribution in [0.25, 0.3) is 0 Å². The third kappa shape index (κ3) is 64.6. The van der Waals surface area contributed by atoms with Crippen LogP contribution in [-0.2, 0) is 17.1 Å². The third-order valence-electron chi connectivity index (χ3n) is 0. The molecule has 0 aliphatic rings. The van der Waals surface area contributed by atoms with Crippen LogP contribution in [0.3, 0.4) is 0 Å². The van der Waals surface area contributed by atoms with Crippen molar-refractivity contribution in [1.29, 1.82) is 0 Å². The fourth-order valence-electron chi connectivity index (χ4n) is 0. The molecule has 8 heavy (non-hydrogen) atoms. The van der Waals surface area contributed by atoms with E-state index in [1.807, 2.05) is 0 Å². The molecule has 0 aromatic carbocycles. The van der Waals surface area contributed by atoms with Crippen molar-refractivity contribution in [3.05, 3.63) is 0 Å². The second-order valence-electron chi connectivity index (χ2n) is 0. The van der Waals surface area contributed by atoms with Crippen LogP contribution < -0.4 is 0 Å². The summed E-state index contributed by atoms with van der Waals surface area (Å²) in [6.45, 7) is 0. The van der Waals surface area contributed by atoms with Crippen LogP contribution in [0, 0.1) is 0 Å². The molecule has 0 aromatic rings. The van der Waals surface area contributed by atoms with Crippen LogP contribution >= 0.6 is 94.5 Å². The first-order valence-corrected chi connectivity index (χ1v) is 0. The second-order valence-corrected chi connectivity index (χ2v) is 0. The van der Waals surface area contributed by atoms with Crippen LogP contribution in [-0.4, -0.2) is 0 Å². The standard InChI is InChI=1S/Fe.7H2S/h;7*1H2. The molecule has 0 aliphatic carbocycles. The van der Waals surface area contributed by atoms with Crippen LogP contribution in [0.5, 0.6) is 0 Å². The minimum Gasteiger partial charge on any atom is -0.197 e. The molecule has 0 nitrogen and oxygen atoms in total. The van der Waals surface area contributed by atoms with E-state index in [-0.39, 0.29) is 112 Å². The molecule has 8 heteroatoms. The molecule has 0 spiro atoms. The Bertz CT molecular complexity index is 4.35. The van der Waals surface area contributed by atoms with Crippen molar-refractivity contribution in [2.24, 2.45) is 0 Å². The van der Waals surface area contributed by atoms with Crippen molar-refractivity contribution in [3.8, 4) is 0 Å². The van der Waals surface area contributed by atoms with E-state index >= 15 is 0 Å². The van der Waals surface area contributed by atoms with Gasteiger partial charge in [0.2, 0.25) is 0 Å². The van der Waals surface area contributed by atoms with E-state index in [2.05, 4.69) is 0 Å². The van der Waals surface area contributed by atoms with E-state index in [4.69, 9.17) is 0 Å². The predicted octanol–water partition coefficient (Wildman–Crippen LogP) is 0.787. The Labute approximate surface area is 110 Å². The second kappa shape index (κ2) is 91.0. The summed E-state index contributed by atoms with van der Waals surface area (Å²) in [5.41, 5.74) is 0. The molecule has 0 atom stereocenters. The molecule has 0 bridgehead atoms. The molecule has 0 aliphatic heterocycles. The molecule has 0 heterocycles. The van der Waals surface area contributed by atoms with Gasteiger partial charge in [0.25, 0.3) is 0 Å². The molecule has 0 saturated carbocycles. The van der Waals surface area contributed by atoms with Gasteiger partial charge in [-0.3, -0.25) is 0 Å². The average Bonchev–Trinajstić information content (AvgIpc) is 0. The smallest absolute Gasteiger partial charge is 0 e. The van der Waals surface area contributed by atoms with E-state index in [0.29, 0.717) is 0 Å². The van der Waals surface area contributed by atoms with Crippen molar-refractivity contribution in [3.63, 3.8) is 0 Å². The maximum absolute atomic E-state index is 0. The monoisotopic (exact) mass is 294 g/mol. The summed E-state index contributed by atoms with van der Waals surface area (Å²) in [4.78, 5) is 0. The van der Waals surface area contributed by atoms with Gasteiger partial charge in [-0.25, -0.2) is 0 Å². The molecule has 0 N–H and O–H groups in total. The summed E-state index contributed by atoms with van der Waals surface area (Å²) in [5.74, 6) is 0. The summed E-state index contributed by atoms with van der Waals surface area (Å²) >= 11 is 0. The van der Waals surface area contributed by atoms with Gasteiger partial charge in [-0.15, -0.1) is 0 Å². The maximum Gasteiger partial charge on any atom is 0 e. The first kappa shape index (κ1) is 124. The van der Waals surface area contributed by atoms with Gasteiger partial charge in [-0.1, -0.05) is 0 Å². The zero-order valence-corrected chi connectivity index (χ0v) is 12.0. The van der Waals surface area contributed by atoms with Gasteiger partial charge >= 0.3 is 0 Å². The van der Waals surface area contributed by atoms with Gasteiger partial charge in [0.1, 0.15) is 0 Å². The minimum atomic E-state index is 0. The van der Waals surface area contributed by atoms with Crippen LogP contribution in [0.15, 0.2) is 0 Å². The Morgan fingerprint density at radius 1 is 0.250 bits per heavy atom. The summed E-state index contributed by atoms with van der Waals surface area (Å²) in [7, 11) is 0. The topological polar surface area (TPSA) is 0 Å². The Morgan fingerprint density at radius 2 is 0.250 bits per heavy atom. The summed E-state index contributed by atoms with van der Waals surface area (Å²) < 4.78 is 0. The largest absolute Gasteiger partial charge is 0.197 e. The number of hydrogen-bond acceptors (Lipinski definition) is 0. The normalized spacial score (nSPS) is 0. The summed E-state index contributed by atoms with van der Waals surface area (Å²) in [6, 6.07) is 0. The number of rotatable bonds is 0. The van der Waals surface area contributed by atoms with Crippen LogP contribution in [0.4, 0.5) is 0 Å². The SMILES string of the molecule is S.S.S.S.S.S.S.[Fe]. The molecule has 0 rings (SSSR count). The van der Waals surface area contributed by atoms with Gasteiger partial charge in [0.15, 0.2) is 0 Å². The molecular formula is H14FeS7. The van der Waals surface area contributed by atoms with E-state index < -0.39 is 0 Å². The van der Waals surface area contributed by atoms with E-state index in [1.54, 1.807) is 0 Å². The van der Waals surface area contributed by atoms with Gasteiger partial charge in [0, 0.05) is 17.1 Å². The molecule has 0 radical (unpaired) electrons. The van der Waals surface area contributed by atoms with Gasteiger partial charge < -0.3 is 0 Å². The van der Waals surface area contributed by atoms with E-state index in [1.165, 1.54) is 0 Å². The fourth-order valence-corrected chi connectivity index (χ4v) is 0. The van der Waals surface area contributed by atoms with Crippen molar-refractivity contribution in [2.75, 3.05) is 0 Å². The van der Waals surface area contributed by atoms with Gasteiger partial charge in [-0.05, 0) is 0 Å². The zero-order chi connectivity index (χ0) is 0. The minimum absolute atomic E-state index is 0. The molecule has 0 fully saturated rings. The molecule has 64 valence electrons. The molecule has 0 saturated heterocycles. The number of hydrogen-bond donors (Lipinski definition) is 0. The summed E-state index contributed by atoms with van der Waals surface area (Å²) in [6.07, 6.45) is 0. The Balaban J connectivity index is 0. The van der Waals surface area contributed by atoms with Crippen molar-refractivity contribution in [2.45, 2.75) is 0 Å². The van der Waals surface area contributed by atoms with E-state index in [0.717, 1.165) is 0 Å². The third-order valence-corrected chi connectivity index (χ3v) is 0. The van der Waals surface area contributed by atoms with Gasteiger partial charge in [0.05, 0.1) is 0 Å². The molecule has 0 amide bonds. The zero-order valence-electron chi connectivity index (χ0n) is 3.85. The first-order valence-electron chi connectivity index (χ1n) is 0. The van der Waals surface area contributed by atoms with Crippen LogP contribution in [0.1, 0.15) is 0 Å². The quantitative estimate of drug-likeness (QED) is 0.580. The fraction of sp³-hybridized carbons (Fsp3) is 0. The molecular weight excluding hydrogens is 280 g/mol. The Morgan fingerprint density at radius 3 is 0.250 bits per heavy atom. The molecule has 0 aromatic heterocycles. The predicted molar refractivity (Wildman–Crippen MR) is 72.7 cm³/mol. The maximum atomic E-state index is 0. The first-order chi connectivity index (χ1) is 0. The molecule has 0 unspecified atom stereocenters. The average molecular weight is 294 g/mol. The van der Waals surface area contributed by atoms with Gasteiger partial charge in [-0.2, -0.15) is 94.5 Å². The Hall–Kier alpha value is 2.97.